The van der Waals surface area contributed by atoms with Gasteiger partial charge in [0, 0.05) is 0 Å². The Bertz CT molecular complexity index is 535. The van der Waals surface area contributed by atoms with Gasteiger partial charge >= 0.3 is 5.97 Å². The minimum Gasteiger partial charge on any atom is -0.481 e. The zero-order valence-corrected chi connectivity index (χ0v) is 10.9. The van der Waals surface area contributed by atoms with Crippen molar-refractivity contribution < 1.29 is 19.1 Å². The predicted octanol–water partition coefficient (Wildman–Crippen LogP) is 2.38. The number of carbonyl (C=O) groups is 2. The molecule has 3 atom stereocenters. The van der Waals surface area contributed by atoms with E-state index in [4.69, 9.17) is 16.7 Å². The van der Waals surface area contributed by atoms with Crippen LogP contribution in [0.4, 0.5) is 4.39 Å². The molecule has 1 saturated carbocycles. The highest BCUT2D eigenvalue weighted by Gasteiger charge is 2.48. The molecule has 0 unspecified atom stereocenters. The maximum atomic E-state index is 13.0. The van der Waals surface area contributed by atoms with Gasteiger partial charge in [-0.1, -0.05) is 17.7 Å². The van der Waals surface area contributed by atoms with Gasteiger partial charge in [0.2, 0.25) is 5.91 Å². The van der Waals surface area contributed by atoms with Crippen LogP contribution in [0, 0.1) is 17.7 Å². The molecule has 1 fully saturated rings. The lowest BCUT2D eigenvalue weighted by Crippen LogP contribution is -2.29. The second-order valence-electron chi connectivity index (χ2n) is 4.69. The van der Waals surface area contributed by atoms with Gasteiger partial charge in [-0.25, -0.2) is 4.39 Å². The Hall–Kier alpha value is -1.62. The summed E-state index contributed by atoms with van der Waals surface area (Å²) in [4.78, 5) is 22.4. The molecule has 0 aliphatic heterocycles. The third-order valence-corrected chi connectivity index (χ3v) is 3.54. The van der Waals surface area contributed by atoms with Crippen LogP contribution < -0.4 is 5.32 Å². The first-order chi connectivity index (χ1) is 8.90. The summed E-state index contributed by atoms with van der Waals surface area (Å²) >= 11 is 5.67. The van der Waals surface area contributed by atoms with E-state index < -0.39 is 23.6 Å². The highest BCUT2D eigenvalue weighted by Crippen LogP contribution is 2.39. The fourth-order valence-electron chi connectivity index (χ4n) is 1.94. The van der Waals surface area contributed by atoms with Crippen LogP contribution in [0.15, 0.2) is 18.2 Å². The number of rotatable bonds is 4. The summed E-state index contributed by atoms with van der Waals surface area (Å²) in [5.74, 6) is -2.80. The van der Waals surface area contributed by atoms with Crippen molar-refractivity contribution in [2.75, 3.05) is 0 Å². The molecule has 0 spiro atoms. The van der Waals surface area contributed by atoms with Crippen molar-refractivity contribution in [2.45, 2.75) is 19.4 Å². The summed E-state index contributed by atoms with van der Waals surface area (Å²) in [6.45, 7) is 1.74. The lowest BCUT2D eigenvalue weighted by atomic mass is 10.1. The number of amides is 1. The fourth-order valence-corrected chi connectivity index (χ4v) is 2.13. The van der Waals surface area contributed by atoms with E-state index in [1.807, 2.05) is 0 Å². The van der Waals surface area contributed by atoms with E-state index in [1.165, 1.54) is 18.2 Å². The zero-order valence-electron chi connectivity index (χ0n) is 10.2. The minimum absolute atomic E-state index is 0.00608. The van der Waals surface area contributed by atoms with Crippen molar-refractivity contribution in [1.82, 2.24) is 5.32 Å². The van der Waals surface area contributed by atoms with Crippen molar-refractivity contribution >= 4 is 23.5 Å². The Morgan fingerprint density at radius 3 is 2.68 bits per heavy atom. The van der Waals surface area contributed by atoms with Crippen LogP contribution >= 0.6 is 11.6 Å². The SMILES string of the molecule is C[C@H](NC(=O)[C@H]1C[C@H]1C(=O)O)c1ccc(F)c(Cl)c1. The summed E-state index contributed by atoms with van der Waals surface area (Å²) in [5, 5.41) is 11.5. The Labute approximate surface area is 114 Å². The second kappa shape index (κ2) is 5.17. The predicted molar refractivity (Wildman–Crippen MR) is 67.2 cm³/mol. The van der Waals surface area contributed by atoms with E-state index in [0.29, 0.717) is 12.0 Å². The standard InChI is InChI=1S/C13H13ClFNO3/c1-6(7-2-3-11(15)10(14)4-7)16-12(17)8-5-9(8)13(18)19/h2-4,6,8-9H,5H2,1H3,(H,16,17)(H,18,19)/t6-,8-,9+/m0/s1. The number of carboxylic acid groups (broad SMARTS) is 1. The van der Waals surface area contributed by atoms with E-state index in [9.17, 15) is 14.0 Å². The summed E-state index contributed by atoms with van der Waals surface area (Å²) in [6.07, 6.45) is 0.373. The van der Waals surface area contributed by atoms with Gasteiger partial charge in [-0.2, -0.15) is 0 Å². The third-order valence-electron chi connectivity index (χ3n) is 3.25. The van der Waals surface area contributed by atoms with Crippen LogP contribution in [0.1, 0.15) is 24.9 Å². The highest BCUT2D eigenvalue weighted by atomic mass is 35.5. The number of carbonyl (C=O) groups excluding carboxylic acids is 1. The number of aliphatic carboxylic acids is 1. The largest absolute Gasteiger partial charge is 0.481 e. The van der Waals surface area contributed by atoms with Crippen LogP contribution in [0.3, 0.4) is 0 Å². The van der Waals surface area contributed by atoms with Crippen molar-refractivity contribution in [3.63, 3.8) is 0 Å². The Balaban J connectivity index is 1.97. The summed E-state index contributed by atoms with van der Waals surface area (Å²) < 4.78 is 13.0. The van der Waals surface area contributed by atoms with Gasteiger partial charge in [0.25, 0.3) is 0 Å². The van der Waals surface area contributed by atoms with Gasteiger partial charge in [-0.05, 0) is 31.0 Å². The Morgan fingerprint density at radius 2 is 2.16 bits per heavy atom. The zero-order chi connectivity index (χ0) is 14.2. The lowest BCUT2D eigenvalue weighted by Gasteiger charge is -2.14. The molecule has 102 valence electrons. The van der Waals surface area contributed by atoms with Crippen LogP contribution in [-0.4, -0.2) is 17.0 Å². The molecular formula is C13H13ClFNO3. The second-order valence-corrected chi connectivity index (χ2v) is 5.10. The smallest absolute Gasteiger partial charge is 0.307 e. The summed E-state index contributed by atoms with van der Waals surface area (Å²) in [7, 11) is 0. The number of nitrogens with one attached hydrogen (secondary N) is 1. The van der Waals surface area contributed by atoms with E-state index in [1.54, 1.807) is 6.92 Å². The normalized spacial score (nSPS) is 22.7. The molecule has 1 aromatic rings. The molecule has 0 aromatic heterocycles. The number of hydrogen-bond acceptors (Lipinski definition) is 2. The molecule has 1 amide bonds. The number of halogens is 2. The van der Waals surface area contributed by atoms with Gasteiger partial charge in [0.1, 0.15) is 5.82 Å². The Morgan fingerprint density at radius 1 is 1.47 bits per heavy atom. The van der Waals surface area contributed by atoms with Gasteiger partial charge < -0.3 is 10.4 Å². The van der Waals surface area contributed by atoms with Gasteiger partial charge in [-0.15, -0.1) is 0 Å². The van der Waals surface area contributed by atoms with Gasteiger partial charge in [-0.3, -0.25) is 9.59 Å². The molecule has 0 radical (unpaired) electrons. The lowest BCUT2D eigenvalue weighted by molar-refractivity contribution is -0.140. The molecule has 19 heavy (non-hydrogen) atoms. The maximum absolute atomic E-state index is 13.0. The molecule has 2 rings (SSSR count). The molecule has 0 bridgehead atoms. The summed E-state index contributed by atoms with van der Waals surface area (Å²) in [5.41, 5.74) is 0.673. The minimum atomic E-state index is -0.947. The van der Waals surface area contributed by atoms with Crippen molar-refractivity contribution in [3.8, 4) is 0 Å². The molecular weight excluding hydrogens is 273 g/mol. The van der Waals surface area contributed by atoms with E-state index in [-0.39, 0.29) is 17.0 Å². The van der Waals surface area contributed by atoms with Crippen LogP contribution in [0.2, 0.25) is 5.02 Å². The maximum Gasteiger partial charge on any atom is 0.307 e. The molecule has 0 saturated heterocycles. The van der Waals surface area contributed by atoms with E-state index in [0.717, 1.165) is 0 Å². The first kappa shape index (κ1) is 13.8. The molecule has 1 aliphatic carbocycles. The van der Waals surface area contributed by atoms with Crippen LogP contribution in [0.5, 0.6) is 0 Å². The summed E-state index contributed by atoms with van der Waals surface area (Å²) in [6, 6.07) is 3.87. The Kier molecular flexibility index (Phi) is 3.75. The van der Waals surface area contributed by atoms with Crippen molar-refractivity contribution in [1.29, 1.82) is 0 Å². The van der Waals surface area contributed by atoms with Crippen molar-refractivity contribution in [3.05, 3.63) is 34.6 Å². The number of benzene rings is 1. The average Bonchev–Trinajstić information content (AvgIpc) is 3.12. The number of carboxylic acids is 1. The van der Waals surface area contributed by atoms with Gasteiger partial charge in [0.05, 0.1) is 22.9 Å². The average molecular weight is 286 g/mol. The molecule has 2 N–H and O–H groups in total. The molecule has 1 aromatic carbocycles. The van der Waals surface area contributed by atoms with Crippen LogP contribution in [-0.2, 0) is 9.59 Å². The third kappa shape index (κ3) is 3.04. The molecule has 6 heteroatoms. The first-order valence-corrected chi connectivity index (χ1v) is 6.26. The molecule has 0 heterocycles. The highest BCUT2D eigenvalue weighted by molar-refractivity contribution is 6.30. The molecule has 4 nitrogen and oxygen atoms in total. The monoisotopic (exact) mass is 285 g/mol. The molecule has 1 aliphatic rings. The van der Waals surface area contributed by atoms with E-state index >= 15 is 0 Å². The van der Waals surface area contributed by atoms with Gasteiger partial charge in [0.15, 0.2) is 0 Å². The quantitative estimate of drug-likeness (QED) is 0.892. The van der Waals surface area contributed by atoms with E-state index in [2.05, 4.69) is 5.32 Å². The topological polar surface area (TPSA) is 66.4 Å². The fraction of sp³-hybridized carbons (Fsp3) is 0.385. The van der Waals surface area contributed by atoms with Crippen molar-refractivity contribution in [2.24, 2.45) is 11.8 Å². The number of hydrogen-bond donors (Lipinski definition) is 2. The van der Waals surface area contributed by atoms with Crippen LogP contribution in [0.25, 0.3) is 0 Å². The first-order valence-electron chi connectivity index (χ1n) is 5.88.